The highest BCUT2D eigenvalue weighted by atomic mass is 32.1. The van der Waals surface area contributed by atoms with Crippen LogP contribution in [0.4, 0.5) is 13.2 Å². The molecule has 0 spiro atoms. The molecule has 0 atom stereocenters. The summed E-state index contributed by atoms with van der Waals surface area (Å²) in [4.78, 5) is 10.2. The number of hydrogen-bond acceptors (Lipinski definition) is 3. The standard InChI is InChI=1S/C10H8F3N3OS/c1-16-6(2-3-15-16)5-4-7(10(11,12)13)18-8(5)9(14)17/h2-4H,1H3,(H2,14,17). The minimum Gasteiger partial charge on any atom is -0.365 e. The molecule has 0 fully saturated rings. The molecule has 0 saturated heterocycles. The van der Waals surface area contributed by atoms with E-state index >= 15 is 0 Å². The first-order chi connectivity index (χ1) is 8.30. The molecule has 2 N–H and O–H groups in total. The second kappa shape index (κ2) is 4.13. The van der Waals surface area contributed by atoms with Crippen LogP contribution in [0.25, 0.3) is 11.3 Å². The highest BCUT2D eigenvalue weighted by Gasteiger charge is 2.35. The van der Waals surface area contributed by atoms with Gasteiger partial charge in [0, 0.05) is 18.8 Å². The van der Waals surface area contributed by atoms with Crippen molar-refractivity contribution in [2.45, 2.75) is 6.18 Å². The Balaban J connectivity index is 2.63. The molecule has 0 bridgehead atoms. The number of halogens is 3. The molecule has 96 valence electrons. The van der Waals surface area contributed by atoms with E-state index in [0.717, 1.165) is 6.07 Å². The van der Waals surface area contributed by atoms with Gasteiger partial charge in [0.25, 0.3) is 5.91 Å². The van der Waals surface area contributed by atoms with Crippen molar-refractivity contribution in [3.63, 3.8) is 0 Å². The predicted octanol–water partition coefficient (Wildman–Crippen LogP) is 2.27. The summed E-state index contributed by atoms with van der Waals surface area (Å²) in [5.41, 5.74) is 5.67. The number of carbonyl (C=O) groups is 1. The Kier molecular flexibility index (Phi) is 2.89. The van der Waals surface area contributed by atoms with Crippen LogP contribution in [0, 0.1) is 0 Å². The zero-order chi connectivity index (χ0) is 13.5. The smallest absolute Gasteiger partial charge is 0.365 e. The number of nitrogens with zero attached hydrogens (tertiary/aromatic N) is 2. The fourth-order valence-corrected chi connectivity index (χ4v) is 2.43. The molecule has 0 unspecified atom stereocenters. The Bertz CT molecular complexity index is 600. The number of thiophene rings is 1. The monoisotopic (exact) mass is 275 g/mol. The Morgan fingerprint density at radius 1 is 1.50 bits per heavy atom. The quantitative estimate of drug-likeness (QED) is 0.913. The molecule has 18 heavy (non-hydrogen) atoms. The summed E-state index contributed by atoms with van der Waals surface area (Å²) in [7, 11) is 1.57. The molecule has 1 amide bonds. The first-order valence-corrected chi connectivity index (χ1v) is 5.61. The SMILES string of the molecule is Cn1nccc1-c1cc(C(F)(F)F)sc1C(N)=O. The lowest BCUT2D eigenvalue weighted by Gasteiger charge is -2.01. The van der Waals surface area contributed by atoms with Crippen molar-refractivity contribution in [3.8, 4) is 11.3 Å². The molecular weight excluding hydrogens is 267 g/mol. The number of hydrogen-bond donors (Lipinski definition) is 1. The van der Waals surface area contributed by atoms with Gasteiger partial charge < -0.3 is 5.73 Å². The predicted molar refractivity (Wildman–Crippen MR) is 60.0 cm³/mol. The molecule has 0 radical (unpaired) electrons. The van der Waals surface area contributed by atoms with Crippen LogP contribution in [0.15, 0.2) is 18.3 Å². The number of rotatable bonds is 2. The normalized spacial score (nSPS) is 11.8. The van der Waals surface area contributed by atoms with E-state index in [9.17, 15) is 18.0 Å². The van der Waals surface area contributed by atoms with Crippen LogP contribution in [0.3, 0.4) is 0 Å². The summed E-state index contributed by atoms with van der Waals surface area (Å²) in [6.45, 7) is 0. The van der Waals surface area contributed by atoms with Crippen molar-refractivity contribution in [1.82, 2.24) is 9.78 Å². The summed E-state index contributed by atoms with van der Waals surface area (Å²) in [6, 6.07) is 2.44. The maximum absolute atomic E-state index is 12.6. The second-order valence-corrected chi connectivity index (χ2v) is 4.61. The lowest BCUT2D eigenvalue weighted by atomic mass is 10.1. The van der Waals surface area contributed by atoms with E-state index in [1.54, 1.807) is 7.05 Å². The van der Waals surface area contributed by atoms with Crippen LogP contribution >= 0.6 is 11.3 Å². The van der Waals surface area contributed by atoms with Crippen molar-refractivity contribution < 1.29 is 18.0 Å². The zero-order valence-corrected chi connectivity index (χ0v) is 9.97. The number of primary amides is 1. The maximum Gasteiger partial charge on any atom is 0.425 e. The topological polar surface area (TPSA) is 60.9 Å². The van der Waals surface area contributed by atoms with Gasteiger partial charge in [-0.2, -0.15) is 18.3 Å². The third kappa shape index (κ3) is 2.10. The van der Waals surface area contributed by atoms with Crippen LogP contribution in [0.1, 0.15) is 14.5 Å². The van der Waals surface area contributed by atoms with E-state index in [2.05, 4.69) is 5.10 Å². The fourth-order valence-electron chi connectivity index (χ4n) is 1.54. The molecule has 8 heteroatoms. The Morgan fingerprint density at radius 2 is 2.17 bits per heavy atom. The van der Waals surface area contributed by atoms with Crippen LogP contribution < -0.4 is 5.73 Å². The van der Waals surface area contributed by atoms with Crippen LogP contribution in [0.5, 0.6) is 0 Å². The molecule has 0 aliphatic carbocycles. The van der Waals surface area contributed by atoms with E-state index in [4.69, 9.17) is 5.73 Å². The van der Waals surface area contributed by atoms with Gasteiger partial charge in [-0.25, -0.2) is 0 Å². The number of carbonyl (C=O) groups excluding carboxylic acids is 1. The Labute approximate surface area is 104 Å². The molecule has 4 nitrogen and oxygen atoms in total. The number of nitrogens with two attached hydrogens (primary N) is 1. The Morgan fingerprint density at radius 3 is 2.61 bits per heavy atom. The lowest BCUT2D eigenvalue weighted by Crippen LogP contribution is -2.10. The molecule has 0 aromatic carbocycles. The van der Waals surface area contributed by atoms with Crippen molar-refractivity contribution in [2.24, 2.45) is 12.8 Å². The second-order valence-electron chi connectivity index (χ2n) is 3.56. The summed E-state index contributed by atoms with van der Waals surface area (Å²) < 4.78 is 39.3. The molecular formula is C10H8F3N3OS. The zero-order valence-electron chi connectivity index (χ0n) is 9.15. The van der Waals surface area contributed by atoms with Gasteiger partial charge in [-0.1, -0.05) is 0 Å². The van der Waals surface area contributed by atoms with E-state index < -0.39 is 17.0 Å². The number of aromatic nitrogens is 2. The van der Waals surface area contributed by atoms with Gasteiger partial charge in [0.15, 0.2) is 0 Å². The first kappa shape index (κ1) is 12.6. The summed E-state index contributed by atoms with van der Waals surface area (Å²) >= 11 is 0.341. The van der Waals surface area contributed by atoms with Crippen molar-refractivity contribution in [2.75, 3.05) is 0 Å². The molecule has 2 rings (SSSR count). The average molecular weight is 275 g/mol. The van der Waals surface area contributed by atoms with E-state index in [-0.39, 0.29) is 10.4 Å². The van der Waals surface area contributed by atoms with Gasteiger partial charge in [0.05, 0.1) is 5.69 Å². The molecule has 0 aliphatic rings. The summed E-state index contributed by atoms with van der Waals surface area (Å²) in [5.74, 6) is -0.883. The fraction of sp³-hybridized carbons (Fsp3) is 0.200. The van der Waals surface area contributed by atoms with Crippen LogP contribution in [-0.4, -0.2) is 15.7 Å². The number of amides is 1. The molecule has 2 aromatic heterocycles. The van der Waals surface area contributed by atoms with E-state index in [0.29, 0.717) is 17.0 Å². The van der Waals surface area contributed by atoms with Gasteiger partial charge in [0.1, 0.15) is 9.75 Å². The number of alkyl halides is 3. The minimum atomic E-state index is -4.49. The Hall–Kier alpha value is -1.83. The third-order valence-corrected chi connectivity index (χ3v) is 3.53. The summed E-state index contributed by atoms with van der Waals surface area (Å²) in [5, 5.41) is 3.85. The molecule has 2 heterocycles. The lowest BCUT2D eigenvalue weighted by molar-refractivity contribution is -0.134. The maximum atomic E-state index is 12.6. The van der Waals surface area contributed by atoms with Crippen LogP contribution in [0.2, 0.25) is 0 Å². The van der Waals surface area contributed by atoms with Crippen molar-refractivity contribution in [1.29, 1.82) is 0 Å². The van der Waals surface area contributed by atoms with Gasteiger partial charge in [-0.3, -0.25) is 9.48 Å². The first-order valence-electron chi connectivity index (χ1n) is 4.80. The molecule has 2 aromatic rings. The largest absolute Gasteiger partial charge is 0.425 e. The highest BCUT2D eigenvalue weighted by molar-refractivity contribution is 7.14. The summed E-state index contributed by atoms with van der Waals surface area (Å²) in [6.07, 6.45) is -3.06. The van der Waals surface area contributed by atoms with Gasteiger partial charge in [-0.15, -0.1) is 11.3 Å². The number of aryl methyl sites for hydroxylation is 1. The van der Waals surface area contributed by atoms with Crippen molar-refractivity contribution in [3.05, 3.63) is 28.1 Å². The van der Waals surface area contributed by atoms with Gasteiger partial charge in [0.2, 0.25) is 0 Å². The van der Waals surface area contributed by atoms with Crippen molar-refractivity contribution >= 4 is 17.2 Å². The van der Waals surface area contributed by atoms with E-state index in [1.165, 1.54) is 16.9 Å². The van der Waals surface area contributed by atoms with Gasteiger partial charge in [-0.05, 0) is 12.1 Å². The third-order valence-electron chi connectivity index (χ3n) is 2.33. The molecule has 0 aliphatic heterocycles. The molecule has 0 saturated carbocycles. The minimum absolute atomic E-state index is 0.120. The van der Waals surface area contributed by atoms with E-state index in [1.807, 2.05) is 0 Å². The average Bonchev–Trinajstić information content (AvgIpc) is 2.81. The highest BCUT2D eigenvalue weighted by Crippen LogP contribution is 2.40. The van der Waals surface area contributed by atoms with Gasteiger partial charge >= 0.3 is 6.18 Å². The van der Waals surface area contributed by atoms with Crippen LogP contribution in [-0.2, 0) is 13.2 Å².